The van der Waals surface area contributed by atoms with Crippen molar-refractivity contribution < 1.29 is 22.7 Å². The number of alkyl halides is 2. The van der Waals surface area contributed by atoms with Crippen molar-refractivity contribution in [2.45, 2.75) is 51.3 Å². The van der Waals surface area contributed by atoms with Gasteiger partial charge >= 0.3 is 12.6 Å². The fourth-order valence-corrected chi connectivity index (χ4v) is 3.37. The van der Waals surface area contributed by atoms with Gasteiger partial charge in [-0.2, -0.15) is 8.78 Å². The lowest BCUT2D eigenvalue weighted by Crippen LogP contribution is -2.40. The van der Waals surface area contributed by atoms with E-state index in [1.165, 1.54) is 6.07 Å². The van der Waals surface area contributed by atoms with Gasteiger partial charge in [0.2, 0.25) is 0 Å². The highest BCUT2D eigenvalue weighted by atomic mass is 19.3. The van der Waals surface area contributed by atoms with Crippen molar-refractivity contribution in [2.75, 3.05) is 0 Å². The monoisotopic (exact) mass is 364 g/mol. The number of amides is 2. The number of halogens is 2. The Kier molecular flexibility index (Phi) is 5.75. The predicted molar refractivity (Wildman–Crippen MR) is 92.2 cm³/mol. The molecule has 0 fully saturated rings. The zero-order valence-corrected chi connectivity index (χ0v) is 14.5. The Morgan fingerprint density at radius 1 is 1.35 bits per heavy atom. The largest absolute Gasteiger partial charge is 0.469 e. The topological polar surface area (TPSA) is 63.5 Å². The highest BCUT2D eigenvalue weighted by molar-refractivity contribution is 5.75. The standard InChI is InChI=1S/C19H22F2N2O3/c1-2-14(12-6-3-4-8-17(12)26-18(20)21)22-19(24)23-15-7-5-9-16-13(15)10-11-25-16/h3-4,6,8,10-11,14-15,18H,2,5,7,9H2,1H3,(H2,22,23,24). The van der Waals surface area contributed by atoms with Gasteiger partial charge in [-0.05, 0) is 31.4 Å². The quantitative estimate of drug-likeness (QED) is 0.780. The maximum Gasteiger partial charge on any atom is 0.387 e. The van der Waals surface area contributed by atoms with Gasteiger partial charge in [0.15, 0.2) is 0 Å². The van der Waals surface area contributed by atoms with Crippen LogP contribution in [0.15, 0.2) is 41.0 Å². The van der Waals surface area contributed by atoms with E-state index in [4.69, 9.17) is 4.42 Å². The molecule has 0 radical (unpaired) electrons. The molecule has 2 amide bonds. The summed E-state index contributed by atoms with van der Waals surface area (Å²) in [4.78, 5) is 12.5. The van der Waals surface area contributed by atoms with Gasteiger partial charge in [-0.1, -0.05) is 25.1 Å². The molecule has 0 saturated carbocycles. The van der Waals surface area contributed by atoms with Crippen LogP contribution in [0.5, 0.6) is 5.75 Å². The summed E-state index contributed by atoms with van der Waals surface area (Å²) < 4.78 is 35.2. The van der Waals surface area contributed by atoms with Crippen molar-refractivity contribution in [2.24, 2.45) is 0 Å². The number of carbonyl (C=O) groups is 1. The lowest BCUT2D eigenvalue weighted by molar-refractivity contribution is -0.0506. The lowest BCUT2D eigenvalue weighted by Gasteiger charge is -2.25. The third-order valence-corrected chi connectivity index (χ3v) is 4.58. The summed E-state index contributed by atoms with van der Waals surface area (Å²) in [6, 6.07) is 7.50. The Morgan fingerprint density at radius 2 is 2.15 bits per heavy atom. The van der Waals surface area contributed by atoms with Crippen LogP contribution in [-0.4, -0.2) is 12.6 Å². The number of benzene rings is 1. The summed E-state index contributed by atoms with van der Waals surface area (Å²) in [5, 5.41) is 5.82. The van der Waals surface area contributed by atoms with Crippen LogP contribution in [-0.2, 0) is 6.42 Å². The van der Waals surface area contributed by atoms with Gasteiger partial charge in [-0.25, -0.2) is 4.79 Å². The van der Waals surface area contributed by atoms with Crippen LogP contribution >= 0.6 is 0 Å². The summed E-state index contributed by atoms with van der Waals surface area (Å²) in [5.41, 5.74) is 1.53. The predicted octanol–water partition coefficient (Wildman–Crippen LogP) is 4.71. The zero-order chi connectivity index (χ0) is 18.5. The number of carbonyl (C=O) groups excluding carboxylic acids is 1. The second-order valence-corrected chi connectivity index (χ2v) is 6.24. The molecule has 2 unspecified atom stereocenters. The van der Waals surface area contributed by atoms with E-state index < -0.39 is 12.7 Å². The average molecular weight is 364 g/mol. The van der Waals surface area contributed by atoms with E-state index in [1.54, 1.807) is 24.5 Å². The first-order valence-corrected chi connectivity index (χ1v) is 8.75. The molecule has 7 heteroatoms. The molecule has 2 atom stereocenters. The van der Waals surface area contributed by atoms with Crippen molar-refractivity contribution in [3.05, 3.63) is 53.5 Å². The molecule has 140 valence electrons. The van der Waals surface area contributed by atoms with Crippen LogP contribution < -0.4 is 15.4 Å². The number of para-hydroxylation sites is 1. The summed E-state index contributed by atoms with van der Waals surface area (Å²) in [6.45, 7) is -1.04. The zero-order valence-electron chi connectivity index (χ0n) is 14.5. The summed E-state index contributed by atoms with van der Waals surface area (Å²) in [7, 11) is 0. The smallest absolute Gasteiger partial charge is 0.387 e. The van der Waals surface area contributed by atoms with Gasteiger partial charge in [0.05, 0.1) is 18.3 Å². The maximum absolute atomic E-state index is 12.6. The molecule has 0 saturated heterocycles. The average Bonchev–Trinajstić information content (AvgIpc) is 3.10. The number of rotatable bonds is 6. The molecule has 26 heavy (non-hydrogen) atoms. The first-order chi connectivity index (χ1) is 12.6. The van der Waals surface area contributed by atoms with Crippen molar-refractivity contribution in [1.82, 2.24) is 10.6 Å². The molecule has 5 nitrogen and oxygen atoms in total. The molecule has 2 N–H and O–H groups in total. The first-order valence-electron chi connectivity index (χ1n) is 8.75. The molecule has 1 heterocycles. The Balaban J connectivity index is 1.69. The van der Waals surface area contributed by atoms with Crippen LogP contribution in [0.4, 0.5) is 13.6 Å². The molecule has 0 bridgehead atoms. The number of ether oxygens (including phenoxy) is 1. The lowest BCUT2D eigenvalue weighted by atomic mass is 9.93. The maximum atomic E-state index is 12.6. The number of urea groups is 1. The minimum Gasteiger partial charge on any atom is -0.469 e. The van der Waals surface area contributed by atoms with Gasteiger partial charge in [-0.15, -0.1) is 0 Å². The normalized spacial score (nSPS) is 17.5. The molecule has 0 spiro atoms. The third-order valence-electron chi connectivity index (χ3n) is 4.58. The number of aryl methyl sites for hydroxylation is 1. The number of furan rings is 1. The second kappa shape index (κ2) is 8.21. The van der Waals surface area contributed by atoms with Crippen molar-refractivity contribution in [1.29, 1.82) is 0 Å². The minimum atomic E-state index is -2.91. The molecular formula is C19H22F2N2O3. The Morgan fingerprint density at radius 3 is 2.92 bits per heavy atom. The van der Waals surface area contributed by atoms with Crippen LogP contribution in [0.1, 0.15) is 55.2 Å². The van der Waals surface area contributed by atoms with E-state index in [9.17, 15) is 13.6 Å². The van der Waals surface area contributed by atoms with Gasteiger partial charge in [0, 0.05) is 17.5 Å². The van der Waals surface area contributed by atoms with Crippen molar-refractivity contribution >= 4 is 6.03 Å². The third kappa shape index (κ3) is 4.15. The number of nitrogens with one attached hydrogen (secondary N) is 2. The molecule has 2 aromatic rings. The Labute approximate surface area is 150 Å². The minimum absolute atomic E-state index is 0.0736. The van der Waals surface area contributed by atoms with Gasteiger partial charge in [0.25, 0.3) is 0 Å². The van der Waals surface area contributed by atoms with Gasteiger partial charge in [-0.3, -0.25) is 0 Å². The van der Waals surface area contributed by atoms with E-state index >= 15 is 0 Å². The highest BCUT2D eigenvalue weighted by Crippen LogP contribution is 2.31. The Hall–Kier alpha value is -2.57. The second-order valence-electron chi connectivity index (χ2n) is 6.24. The van der Waals surface area contributed by atoms with Crippen LogP contribution in [0.2, 0.25) is 0 Å². The number of hydrogen-bond donors (Lipinski definition) is 2. The molecule has 3 rings (SSSR count). The number of fused-ring (bicyclic) bond motifs is 1. The van der Waals surface area contributed by atoms with E-state index in [-0.39, 0.29) is 17.8 Å². The van der Waals surface area contributed by atoms with Crippen LogP contribution in [0, 0.1) is 0 Å². The molecular weight excluding hydrogens is 342 g/mol. The molecule has 0 aliphatic heterocycles. The van der Waals surface area contributed by atoms with E-state index in [2.05, 4.69) is 15.4 Å². The van der Waals surface area contributed by atoms with E-state index in [0.717, 1.165) is 30.6 Å². The number of hydrogen-bond acceptors (Lipinski definition) is 3. The van der Waals surface area contributed by atoms with E-state index in [1.807, 2.05) is 13.0 Å². The summed E-state index contributed by atoms with van der Waals surface area (Å²) >= 11 is 0. The van der Waals surface area contributed by atoms with Crippen molar-refractivity contribution in [3.63, 3.8) is 0 Å². The highest BCUT2D eigenvalue weighted by Gasteiger charge is 2.25. The fourth-order valence-electron chi connectivity index (χ4n) is 3.37. The molecule has 1 aromatic carbocycles. The summed E-state index contributed by atoms with van der Waals surface area (Å²) in [5.74, 6) is 0.980. The van der Waals surface area contributed by atoms with Gasteiger partial charge < -0.3 is 19.8 Å². The molecule has 1 aliphatic carbocycles. The summed E-state index contributed by atoms with van der Waals surface area (Å²) in [6.07, 6.45) is 4.82. The fraction of sp³-hybridized carbons (Fsp3) is 0.421. The van der Waals surface area contributed by atoms with Crippen LogP contribution in [0.25, 0.3) is 0 Å². The first kappa shape index (κ1) is 18.2. The van der Waals surface area contributed by atoms with Crippen LogP contribution in [0.3, 0.4) is 0 Å². The van der Waals surface area contributed by atoms with Gasteiger partial charge in [0.1, 0.15) is 11.5 Å². The Bertz CT molecular complexity index is 748. The molecule has 1 aliphatic rings. The van der Waals surface area contributed by atoms with Crippen molar-refractivity contribution in [3.8, 4) is 5.75 Å². The molecule has 1 aromatic heterocycles. The SMILES string of the molecule is CCC(NC(=O)NC1CCCc2occc21)c1ccccc1OC(F)F. The van der Waals surface area contributed by atoms with E-state index in [0.29, 0.717) is 12.0 Å².